The van der Waals surface area contributed by atoms with E-state index < -0.39 is 40.7 Å². The van der Waals surface area contributed by atoms with E-state index >= 15 is 0 Å². The maximum atomic E-state index is 13.4. The molecule has 0 saturated carbocycles. The number of amides is 1. The summed E-state index contributed by atoms with van der Waals surface area (Å²) in [5.74, 6) is -12.3. The molecular weight excluding hydrogens is 299 g/mol. The highest BCUT2D eigenvalue weighted by atomic mass is 19.2. The number of hydrogen-bond acceptors (Lipinski definition) is 3. The molecular formula is C12H7F5N2O2. The van der Waals surface area contributed by atoms with E-state index in [9.17, 15) is 26.7 Å². The van der Waals surface area contributed by atoms with Gasteiger partial charge in [-0.3, -0.25) is 4.79 Å². The van der Waals surface area contributed by atoms with Gasteiger partial charge in [-0.05, 0) is 12.1 Å². The second-order valence-electron chi connectivity index (χ2n) is 3.87. The van der Waals surface area contributed by atoms with Gasteiger partial charge in [-0.1, -0.05) is 0 Å². The van der Waals surface area contributed by atoms with Crippen LogP contribution < -0.4 is 11.1 Å². The van der Waals surface area contributed by atoms with E-state index in [1.807, 2.05) is 0 Å². The topological polar surface area (TPSA) is 68.3 Å². The van der Waals surface area contributed by atoms with E-state index in [1.54, 1.807) is 5.32 Å². The average molecular weight is 306 g/mol. The summed E-state index contributed by atoms with van der Waals surface area (Å²) in [6.45, 7) is -0.0319. The van der Waals surface area contributed by atoms with Gasteiger partial charge < -0.3 is 15.5 Å². The summed E-state index contributed by atoms with van der Waals surface area (Å²) in [5, 5.41) is 1.57. The number of furan rings is 1. The van der Waals surface area contributed by atoms with Crippen LogP contribution in [0.1, 0.15) is 16.3 Å². The van der Waals surface area contributed by atoms with Crippen LogP contribution in [0, 0.1) is 29.1 Å². The molecule has 1 aromatic carbocycles. The first-order valence-electron chi connectivity index (χ1n) is 5.48. The van der Waals surface area contributed by atoms with Crippen LogP contribution in [0.25, 0.3) is 0 Å². The first kappa shape index (κ1) is 15.0. The molecule has 1 amide bonds. The molecule has 0 spiro atoms. The molecule has 2 rings (SSSR count). The third-order valence-electron chi connectivity index (χ3n) is 2.53. The van der Waals surface area contributed by atoms with Gasteiger partial charge in [0, 0.05) is 0 Å². The van der Waals surface area contributed by atoms with Crippen LogP contribution in [-0.4, -0.2) is 5.91 Å². The quantitative estimate of drug-likeness (QED) is 0.520. The highest BCUT2D eigenvalue weighted by molar-refractivity contribution is 6.02. The summed E-state index contributed by atoms with van der Waals surface area (Å²) < 4.78 is 70.4. The van der Waals surface area contributed by atoms with Crippen LogP contribution in [0.15, 0.2) is 16.5 Å². The SMILES string of the molecule is NCc1ccc(C(=O)Nc2c(F)c(F)c(F)c(F)c2F)o1. The number of carbonyl (C=O) groups excluding carboxylic acids is 1. The second kappa shape index (κ2) is 5.52. The molecule has 0 fully saturated rings. The Labute approximate surface area is 114 Å². The van der Waals surface area contributed by atoms with Crippen LogP contribution in [0.4, 0.5) is 27.6 Å². The molecule has 0 aliphatic rings. The van der Waals surface area contributed by atoms with Gasteiger partial charge in [0.05, 0.1) is 6.54 Å². The number of hydrogen-bond donors (Lipinski definition) is 2. The zero-order valence-electron chi connectivity index (χ0n) is 10.1. The lowest BCUT2D eigenvalue weighted by molar-refractivity contribution is 0.0993. The van der Waals surface area contributed by atoms with Gasteiger partial charge in [-0.25, -0.2) is 22.0 Å². The molecule has 0 radical (unpaired) electrons. The highest BCUT2D eigenvalue weighted by Gasteiger charge is 2.27. The zero-order valence-corrected chi connectivity index (χ0v) is 10.1. The fourth-order valence-corrected chi connectivity index (χ4v) is 1.50. The Hall–Kier alpha value is -2.42. The van der Waals surface area contributed by atoms with Crippen LogP contribution in [0.5, 0.6) is 0 Å². The number of rotatable bonds is 3. The number of nitrogens with one attached hydrogen (secondary N) is 1. The Bertz CT molecular complexity index is 685. The van der Waals surface area contributed by atoms with Gasteiger partial charge in [0.25, 0.3) is 5.91 Å². The van der Waals surface area contributed by atoms with Gasteiger partial charge >= 0.3 is 0 Å². The lowest BCUT2D eigenvalue weighted by Crippen LogP contribution is -2.16. The Balaban J connectivity index is 2.38. The molecule has 0 atom stereocenters. The predicted molar refractivity (Wildman–Crippen MR) is 60.8 cm³/mol. The minimum atomic E-state index is -2.31. The average Bonchev–Trinajstić information content (AvgIpc) is 2.96. The molecule has 0 aliphatic carbocycles. The van der Waals surface area contributed by atoms with Crippen molar-refractivity contribution >= 4 is 11.6 Å². The van der Waals surface area contributed by atoms with E-state index in [0.717, 1.165) is 6.07 Å². The first-order valence-corrected chi connectivity index (χ1v) is 5.48. The number of halogens is 5. The molecule has 21 heavy (non-hydrogen) atoms. The van der Waals surface area contributed by atoms with Gasteiger partial charge in [0.2, 0.25) is 5.82 Å². The van der Waals surface area contributed by atoms with Crippen LogP contribution in [-0.2, 0) is 6.54 Å². The molecule has 0 aliphatic heterocycles. The molecule has 0 saturated heterocycles. The van der Waals surface area contributed by atoms with Crippen molar-refractivity contribution in [3.05, 3.63) is 52.7 Å². The molecule has 9 heteroatoms. The maximum absolute atomic E-state index is 13.4. The molecule has 0 bridgehead atoms. The summed E-state index contributed by atoms with van der Waals surface area (Å²) in [7, 11) is 0. The van der Waals surface area contributed by atoms with Crippen molar-refractivity contribution in [3.63, 3.8) is 0 Å². The standard InChI is InChI=1S/C12H7F5N2O2/c13-6-7(14)9(16)11(10(17)8(6)15)19-12(20)5-2-1-4(3-18)21-5/h1-2H,3,18H2,(H,19,20). The van der Waals surface area contributed by atoms with Crippen molar-refractivity contribution in [1.82, 2.24) is 0 Å². The van der Waals surface area contributed by atoms with Crippen LogP contribution >= 0.6 is 0 Å². The van der Waals surface area contributed by atoms with Gasteiger partial charge in [-0.15, -0.1) is 0 Å². The Morgan fingerprint density at radius 2 is 1.52 bits per heavy atom. The maximum Gasteiger partial charge on any atom is 0.291 e. The summed E-state index contributed by atoms with van der Waals surface area (Å²) in [6, 6.07) is 2.47. The summed E-state index contributed by atoms with van der Waals surface area (Å²) in [5.41, 5.74) is 3.78. The van der Waals surface area contributed by atoms with E-state index in [1.165, 1.54) is 6.07 Å². The highest BCUT2D eigenvalue weighted by Crippen LogP contribution is 2.27. The molecule has 3 N–H and O–H groups in total. The fourth-order valence-electron chi connectivity index (χ4n) is 1.50. The lowest BCUT2D eigenvalue weighted by atomic mass is 10.2. The summed E-state index contributed by atoms with van der Waals surface area (Å²) >= 11 is 0. The predicted octanol–water partition coefficient (Wildman–Crippen LogP) is 2.69. The van der Waals surface area contributed by atoms with Crippen molar-refractivity contribution in [3.8, 4) is 0 Å². The number of benzene rings is 1. The smallest absolute Gasteiger partial charge is 0.291 e. The van der Waals surface area contributed by atoms with E-state index in [4.69, 9.17) is 10.2 Å². The summed E-state index contributed by atoms with van der Waals surface area (Å²) in [4.78, 5) is 11.6. The Morgan fingerprint density at radius 1 is 1.00 bits per heavy atom. The third kappa shape index (κ3) is 2.59. The minimum Gasteiger partial charge on any atom is -0.455 e. The number of carbonyl (C=O) groups is 1. The first-order chi connectivity index (χ1) is 9.86. The molecule has 112 valence electrons. The van der Waals surface area contributed by atoms with Crippen molar-refractivity contribution in [2.75, 3.05) is 5.32 Å². The molecule has 4 nitrogen and oxygen atoms in total. The van der Waals surface area contributed by atoms with E-state index in [-0.39, 0.29) is 18.1 Å². The third-order valence-corrected chi connectivity index (χ3v) is 2.53. The van der Waals surface area contributed by atoms with Crippen LogP contribution in [0.2, 0.25) is 0 Å². The number of nitrogens with two attached hydrogens (primary N) is 1. The second-order valence-corrected chi connectivity index (χ2v) is 3.87. The van der Waals surface area contributed by atoms with Gasteiger partial charge in [0.1, 0.15) is 11.4 Å². The van der Waals surface area contributed by atoms with Crippen molar-refractivity contribution in [1.29, 1.82) is 0 Å². The van der Waals surface area contributed by atoms with Crippen molar-refractivity contribution in [2.24, 2.45) is 5.73 Å². The molecule has 0 unspecified atom stereocenters. The monoisotopic (exact) mass is 306 g/mol. The van der Waals surface area contributed by atoms with Crippen molar-refractivity contribution < 1.29 is 31.2 Å². The fraction of sp³-hybridized carbons (Fsp3) is 0.0833. The Kier molecular flexibility index (Phi) is 3.94. The van der Waals surface area contributed by atoms with Crippen molar-refractivity contribution in [2.45, 2.75) is 6.54 Å². The lowest BCUT2D eigenvalue weighted by Gasteiger charge is -2.08. The largest absolute Gasteiger partial charge is 0.455 e. The number of anilines is 1. The molecule has 1 aromatic heterocycles. The molecule has 1 heterocycles. The van der Waals surface area contributed by atoms with E-state index in [2.05, 4.69) is 0 Å². The van der Waals surface area contributed by atoms with E-state index in [0.29, 0.717) is 0 Å². The van der Waals surface area contributed by atoms with Gasteiger partial charge in [-0.2, -0.15) is 0 Å². The zero-order chi connectivity index (χ0) is 15.7. The summed E-state index contributed by atoms with van der Waals surface area (Å²) in [6.07, 6.45) is 0. The minimum absolute atomic E-state index is 0.0319. The normalized spacial score (nSPS) is 10.8. The van der Waals surface area contributed by atoms with Crippen LogP contribution in [0.3, 0.4) is 0 Å². The van der Waals surface area contributed by atoms with Gasteiger partial charge in [0.15, 0.2) is 29.0 Å². The Morgan fingerprint density at radius 3 is 2.00 bits per heavy atom. The molecule has 2 aromatic rings.